The van der Waals surface area contributed by atoms with Crippen molar-refractivity contribution in [3.8, 4) is 11.8 Å². The van der Waals surface area contributed by atoms with E-state index < -0.39 is 13.0 Å². The summed E-state index contributed by atoms with van der Waals surface area (Å²) in [6.07, 6.45) is -2.53. The molecule has 14 heavy (non-hydrogen) atoms. The first-order chi connectivity index (χ1) is 6.63. The number of alkyl halides is 2. The van der Waals surface area contributed by atoms with E-state index in [0.29, 0.717) is 5.69 Å². The largest absolute Gasteiger partial charge is 0.479 e. The van der Waals surface area contributed by atoms with E-state index in [-0.39, 0.29) is 11.8 Å². The van der Waals surface area contributed by atoms with Crippen molar-refractivity contribution in [3.05, 3.63) is 12.1 Å². The van der Waals surface area contributed by atoms with Crippen molar-refractivity contribution >= 4 is 5.69 Å². The molecule has 0 spiro atoms. The van der Waals surface area contributed by atoms with Crippen LogP contribution in [0.25, 0.3) is 0 Å². The molecule has 1 aromatic rings. The monoisotopic (exact) mass is 204 g/mol. The maximum atomic E-state index is 11.8. The molecule has 6 heteroatoms. The highest BCUT2D eigenvalue weighted by Gasteiger charge is 2.07. The van der Waals surface area contributed by atoms with E-state index in [2.05, 4.69) is 9.72 Å². The van der Waals surface area contributed by atoms with Crippen LogP contribution in [-0.2, 0) is 0 Å². The smallest absolute Gasteiger partial charge is 0.272 e. The van der Waals surface area contributed by atoms with E-state index in [9.17, 15) is 8.78 Å². The normalized spacial score (nSPS) is 10.3. The summed E-state index contributed by atoms with van der Waals surface area (Å²) in [4.78, 5) is 3.76. The molecule has 0 radical (unpaired) electrons. The number of nitrogens with two attached hydrogens (primary N) is 1. The molecule has 0 aliphatic heterocycles. The first-order valence-corrected chi connectivity index (χ1v) is 3.85. The number of halogens is 2. The lowest BCUT2D eigenvalue weighted by molar-refractivity contribution is 0.0793. The molecule has 0 aliphatic carbocycles. The van der Waals surface area contributed by atoms with Gasteiger partial charge in [-0.05, 0) is 6.07 Å². The van der Waals surface area contributed by atoms with Gasteiger partial charge in [0.2, 0.25) is 11.8 Å². The van der Waals surface area contributed by atoms with Gasteiger partial charge in [0.05, 0.1) is 12.8 Å². The Morgan fingerprint density at radius 3 is 2.79 bits per heavy atom. The first kappa shape index (κ1) is 10.5. The Hall–Kier alpha value is -1.59. The molecule has 0 amide bonds. The summed E-state index contributed by atoms with van der Waals surface area (Å²) in [6.45, 7) is -0.694. The van der Waals surface area contributed by atoms with Crippen molar-refractivity contribution in [1.29, 1.82) is 0 Å². The van der Waals surface area contributed by atoms with E-state index in [1.54, 1.807) is 0 Å². The molecule has 0 saturated carbocycles. The molecule has 1 heterocycles. The Bertz CT molecular complexity index is 307. The van der Waals surface area contributed by atoms with Crippen LogP contribution in [0.5, 0.6) is 11.8 Å². The van der Waals surface area contributed by atoms with Crippen LogP contribution in [0.1, 0.15) is 0 Å². The van der Waals surface area contributed by atoms with Crippen molar-refractivity contribution in [2.75, 3.05) is 19.5 Å². The van der Waals surface area contributed by atoms with Crippen LogP contribution in [0.3, 0.4) is 0 Å². The number of nitrogen functional groups attached to an aromatic ring is 1. The summed E-state index contributed by atoms with van der Waals surface area (Å²) in [6, 6.07) is 2.88. The lowest BCUT2D eigenvalue weighted by Crippen LogP contribution is -2.08. The van der Waals surface area contributed by atoms with Gasteiger partial charge in [0.25, 0.3) is 6.43 Å². The third-order valence-corrected chi connectivity index (χ3v) is 1.41. The summed E-state index contributed by atoms with van der Waals surface area (Å²) >= 11 is 0. The summed E-state index contributed by atoms with van der Waals surface area (Å²) in [7, 11) is 1.38. The highest BCUT2D eigenvalue weighted by Crippen LogP contribution is 2.21. The zero-order valence-corrected chi connectivity index (χ0v) is 7.54. The second kappa shape index (κ2) is 4.59. The Kier molecular flexibility index (Phi) is 3.44. The lowest BCUT2D eigenvalue weighted by atomic mass is 10.4. The van der Waals surface area contributed by atoms with E-state index in [0.717, 1.165) is 0 Å². The highest BCUT2D eigenvalue weighted by atomic mass is 19.3. The van der Waals surface area contributed by atoms with Crippen LogP contribution < -0.4 is 15.2 Å². The molecule has 0 saturated heterocycles. The summed E-state index contributed by atoms with van der Waals surface area (Å²) in [5.41, 5.74) is 5.80. The number of nitrogens with zero attached hydrogens (tertiary/aromatic N) is 1. The molecule has 1 rings (SSSR count). The fraction of sp³-hybridized carbons (Fsp3) is 0.375. The van der Waals surface area contributed by atoms with Gasteiger partial charge in [0.15, 0.2) is 6.61 Å². The van der Waals surface area contributed by atoms with Crippen molar-refractivity contribution in [2.24, 2.45) is 0 Å². The Labute approximate surface area is 79.6 Å². The minimum absolute atomic E-state index is 0.0661. The molecule has 78 valence electrons. The SMILES string of the molecule is COc1nc(OCC(F)F)ccc1N. The van der Waals surface area contributed by atoms with Gasteiger partial charge in [-0.25, -0.2) is 8.78 Å². The van der Waals surface area contributed by atoms with Crippen molar-refractivity contribution < 1.29 is 18.3 Å². The number of aromatic nitrogens is 1. The topological polar surface area (TPSA) is 57.4 Å². The van der Waals surface area contributed by atoms with Crippen LogP contribution in [0.2, 0.25) is 0 Å². The third-order valence-electron chi connectivity index (χ3n) is 1.41. The lowest BCUT2D eigenvalue weighted by Gasteiger charge is -2.07. The van der Waals surface area contributed by atoms with Crippen molar-refractivity contribution in [3.63, 3.8) is 0 Å². The number of ether oxygens (including phenoxy) is 2. The molecule has 4 nitrogen and oxygen atoms in total. The number of rotatable bonds is 4. The minimum atomic E-state index is -2.53. The fourth-order valence-corrected chi connectivity index (χ4v) is 0.827. The molecule has 0 bridgehead atoms. The van der Waals surface area contributed by atoms with Crippen molar-refractivity contribution in [2.45, 2.75) is 6.43 Å². The summed E-state index contributed by atoms with van der Waals surface area (Å²) < 4.78 is 33.0. The van der Waals surface area contributed by atoms with Gasteiger partial charge in [-0.1, -0.05) is 0 Å². The number of hydrogen-bond donors (Lipinski definition) is 1. The average molecular weight is 204 g/mol. The van der Waals surface area contributed by atoms with Crippen LogP contribution in [0.4, 0.5) is 14.5 Å². The molecule has 0 aliphatic rings. The van der Waals surface area contributed by atoms with Gasteiger partial charge < -0.3 is 15.2 Å². The van der Waals surface area contributed by atoms with Gasteiger partial charge in [0, 0.05) is 6.07 Å². The first-order valence-electron chi connectivity index (χ1n) is 3.85. The van der Waals surface area contributed by atoms with Crippen LogP contribution in [0, 0.1) is 0 Å². The number of hydrogen-bond acceptors (Lipinski definition) is 4. The van der Waals surface area contributed by atoms with Gasteiger partial charge in [-0.15, -0.1) is 0 Å². The molecular weight excluding hydrogens is 194 g/mol. The van der Waals surface area contributed by atoms with Gasteiger partial charge >= 0.3 is 0 Å². The standard InChI is InChI=1S/C8H10F2N2O2/c1-13-8-5(11)2-3-7(12-8)14-4-6(9)10/h2-3,6H,4,11H2,1H3. The zero-order chi connectivity index (χ0) is 10.6. The molecule has 0 aromatic carbocycles. The van der Waals surface area contributed by atoms with E-state index in [1.807, 2.05) is 0 Å². The predicted molar refractivity (Wildman–Crippen MR) is 46.7 cm³/mol. The van der Waals surface area contributed by atoms with Crippen molar-refractivity contribution in [1.82, 2.24) is 4.98 Å². The second-order valence-electron chi connectivity index (χ2n) is 2.45. The quantitative estimate of drug-likeness (QED) is 0.803. The van der Waals surface area contributed by atoms with E-state index in [4.69, 9.17) is 10.5 Å². The molecule has 1 aromatic heterocycles. The average Bonchev–Trinajstić information content (AvgIpc) is 2.16. The molecule has 0 unspecified atom stereocenters. The predicted octanol–water partition coefficient (Wildman–Crippen LogP) is 1.32. The highest BCUT2D eigenvalue weighted by molar-refractivity contribution is 5.49. The number of pyridine rings is 1. The molecule has 0 fully saturated rings. The Balaban J connectivity index is 2.69. The zero-order valence-electron chi connectivity index (χ0n) is 7.54. The van der Waals surface area contributed by atoms with Crippen LogP contribution in [0.15, 0.2) is 12.1 Å². The van der Waals surface area contributed by atoms with Gasteiger partial charge in [-0.3, -0.25) is 0 Å². The van der Waals surface area contributed by atoms with Gasteiger partial charge in [-0.2, -0.15) is 4.98 Å². The molecule has 2 N–H and O–H groups in total. The summed E-state index contributed by atoms with van der Waals surface area (Å²) in [5, 5.41) is 0. The minimum Gasteiger partial charge on any atom is -0.479 e. The Morgan fingerprint density at radius 2 is 2.21 bits per heavy atom. The van der Waals surface area contributed by atoms with Crippen LogP contribution in [-0.4, -0.2) is 25.1 Å². The maximum absolute atomic E-state index is 11.8. The van der Waals surface area contributed by atoms with Gasteiger partial charge in [0.1, 0.15) is 0 Å². The van der Waals surface area contributed by atoms with E-state index in [1.165, 1.54) is 19.2 Å². The Morgan fingerprint density at radius 1 is 1.50 bits per heavy atom. The molecular formula is C8H10F2N2O2. The number of methoxy groups -OCH3 is 1. The second-order valence-corrected chi connectivity index (χ2v) is 2.45. The van der Waals surface area contributed by atoms with E-state index >= 15 is 0 Å². The summed E-state index contributed by atoms with van der Waals surface area (Å²) in [5.74, 6) is 0.230. The number of anilines is 1. The van der Waals surface area contributed by atoms with Crippen LogP contribution >= 0.6 is 0 Å². The maximum Gasteiger partial charge on any atom is 0.272 e. The molecule has 0 atom stereocenters. The fourth-order valence-electron chi connectivity index (χ4n) is 0.827. The third kappa shape index (κ3) is 2.72.